The van der Waals surface area contributed by atoms with E-state index in [0.29, 0.717) is 11.3 Å². The molecule has 0 radical (unpaired) electrons. The minimum absolute atomic E-state index is 0.106. The maximum absolute atomic E-state index is 10.9. The number of aliphatic carboxylic acids is 1. The smallest absolute Gasteiger partial charge is 0.337 e. The third-order valence-corrected chi connectivity index (χ3v) is 2.06. The van der Waals surface area contributed by atoms with Crippen LogP contribution in [0.4, 0.5) is 0 Å². The Hall–Kier alpha value is -1.75. The van der Waals surface area contributed by atoms with Gasteiger partial charge in [-0.1, -0.05) is 6.07 Å². The van der Waals surface area contributed by atoms with Gasteiger partial charge in [0, 0.05) is 6.61 Å². The Morgan fingerprint density at radius 2 is 2.19 bits per heavy atom. The quantitative estimate of drug-likeness (QED) is 0.796. The van der Waals surface area contributed by atoms with Gasteiger partial charge < -0.3 is 19.7 Å². The first-order chi connectivity index (χ1) is 7.60. The van der Waals surface area contributed by atoms with E-state index in [-0.39, 0.29) is 12.4 Å². The Morgan fingerprint density at radius 1 is 1.50 bits per heavy atom. The number of rotatable bonds is 5. The van der Waals surface area contributed by atoms with Crippen LogP contribution in [-0.2, 0) is 9.53 Å². The molecule has 0 bridgehead atoms. The highest BCUT2D eigenvalue weighted by atomic mass is 16.5. The summed E-state index contributed by atoms with van der Waals surface area (Å²) in [6.07, 6.45) is -1.07. The lowest BCUT2D eigenvalue weighted by Crippen LogP contribution is -2.15. The molecular formula is C11H14O5. The Bertz CT molecular complexity index is 375. The molecule has 88 valence electrons. The fourth-order valence-corrected chi connectivity index (χ4v) is 1.35. The van der Waals surface area contributed by atoms with Gasteiger partial charge in [0.2, 0.25) is 0 Å². The summed E-state index contributed by atoms with van der Waals surface area (Å²) in [4.78, 5) is 10.9. The van der Waals surface area contributed by atoms with Crippen molar-refractivity contribution in [2.75, 3.05) is 13.7 Å². The SMILES string of the molecule is CCOC(C(=O)O)c1ccc(OC)c(O)c1. The van der Waals surface area contributed by atoms with Gasteiger partial charge in [-0.05, 0) is 24.6 Å². The molecule has 0 aliphatic carbocycles. The number of aromatic hydroxyl groups is 1. The fourth-order valence-electron chi connectivity index (χ4n) is 1.35. The van der Waals surface area contributed by atoms with Crippen LogP contribution in [0.2, 0.25) is 0 Å². The Labute approximate surface area is 93.2 Å². The third-order valence-electron chi connectivity index (χ3n) is 2.06. The molecule has 0 saturated carbocycles. The normalized spacial score (nSPS) is 12.1. The minimum Gasteiger partial charge on any atom is -0.504 e. The highest BCUT2D eigenvalue weighted by molar-refractivity contribution is 5.74. The molecule has 0 heterocycles. The molecule has 0 fully saturated rings. The van der Waals surface area contributed by atoms with E-state index in [9.17, 15) is 9.90 Å². The van der Waals surface area contributed by atoms with Gasteiger partial charge in [0.25, 0.3) is 0 Å². The van der Waals surface area contributed by atoms with Crippen molar-refractivity contribution >= 4 is 5.97 Å². The van der Waals surface area contributed by atoms with Crippen molar-refractivity contribution in [3.8, 4) is 11.5 Å². The number of methoxy groups -OCH3 is 1. The van der Waals surface area contributed by atoms with Crippen molar-refractivity contribution < 1.29 is 24.5 Å². The Balaban J connectivity index is 3.01. The summed E-state index contributed by atoms with van der Waals surface area (Å²) in [7, 11) is 1.42. The van der Waals surface area contributed by atoms with E-state index in [1.54, 1.807) is 13.0 Å². The molecule has 1 atom stereocenters. The molecule has 16 heavy (non-hydrogen) atoms. The first kappa shape index (κ1) is 12.3. The standard InChI is InChI=1S/C11H14O5/c1-3-16-10(11(13)14)7-4-5-9(15-2)8(12)6-7/h4-6,10,12H,3H2,1-2H3,(H,13,14). The molecule has 0 amide bonds. The summed E-state index contributed by atoms with van der Waals surface area (Å²) in [6.45, 7) is 1.99. The molecule has 5 heteroatoms. The highest BCUT2D eigenvalue weighted by Gasteiger charge is 2.21. The van der Waals surface area contributed by atoms with Crippen LogP contribution in [0.1, 0.15) is 18.6 Å². The molecule has 1 unspecified atom stereocenters. The molecular weight excluding hydrogens is 212 g/mol. The molecule has 5 nitrogen and oxygen atoms in total. The van der Waals surface area contributed by atoms with Crippen LogP contribution in [0.5, 0.6) is 11.5 Å². The van der Waals surface area contributed by atoms with Crippen molar-refractivity contribution in [3.63, 3.8) is 0 Å². The molecule has 0 saturated heterocycles. The van der Waals surface area contributed by atoms with Crippen molar-refractivity contribution in [3.05, 3.63) is 23.8 Å². The third kappa shape index (κ3) is 2.64. The number of ether oxygens (including phenoxy) is 2. The molecule has 0 aliphatic heterocycles. The summed E-state index contributed by atoms with van der Waals surface area (Å²) in [6, 6.07) is 4.37. The summed E-state index contributed by atoms with van der Waals surface area (Å²) in [5, 5.41) is 18.5. The van der Waals surface area contributed by atoms with E-state index in [1.807, 2.05) is 0 Å². The first-order valence-corrected chi connectivity index (χ1v) is 4.81. The molecule has 0 aliphatic rings. The lowest BCUT2D eigenvalue weighted by molar-refractivity contribution is -0.150. The predicted octanol–water partition coefficient (Wildman–Crippen LogP) is 1.56. The number of hydrogen-bond acceptors (Lipinski definition) is 4. The van der Waals surface area contributed by atoms with Gasteiger partial charge in [0.1, 0.15) is 0 Å². The van der Waals surface area contributed by atoms with Gasteiger partial charge in [-0.3, -0.25) is 0 Å². The number of phenols is 1. The van der Waals surface area contributed by atoms with E-state index in [4.69, 9.17) is 14.6 Å². The van der Waals surface area contributed by atoms with Gasteiger partial charge in [-0.25, -0.2) is 4.79 Å². The fraction of sp³-hybridized carbons (Fsp3) is 0.364. The maximum Gasteiger partial charge on any atom is 0.337 e. The van der Waals surface area contributed by atoms with Crippen molar-refractivity contribution in [2.24, 2.45) is 0 Å². The topological polar surface area (TPSA) is 76.0 Å². The van der Waals surface area contributed by atoms with Crippen LogP contribution in [0.25, 0.3) is 0 Å². The largest absolute Gasteiger partial charge is 0.504 e. The van der Waals surface area contributed by atoms with Crippen LogP contribution >= 0.6 is 0 Å². The number of hydrogen-bond donors (Lipinski definition) is 2. The minimum atomic E-state index is -1.09. The predicted molar refractivity (Wildman–Crippen MR) is 56.7 cm³/mol. The van der Waals surface area contributed by atoms with Crippen LogP contribution in [0, 0.1) is 0 Å². The molecule has 1 rings (SSSR count). The van der Waals surface area contributed by atoms with Gasteiger partial charge in [0.05, 0.1) is 7.11 Å². The second-order valence-electron chi connectivity index (χ2n) is 3.10. The first-order valence-electron chi connectivity index (χ1n) is 4.81. The summed E-state index contributed by atoms with van der Waals surface area (Å²) < 4.78 is 9.93. The molecule has 0 aromatic heterocycles. The van der Waals surface area contributed by atoms with E-state index in [0.717, 1.165) is 0 Å². The van der Waals surface area contributed by atoms with Gasteiger partial charge in [-0.15, -0.1) is 0 Å². The van der Waals surface area contributed by atoms with Gasteiger partial charge in [0.15, 0.2) is 17.6 Å². The van der Waals surface area contributed by atoms with Crippen LogP contribution in [0.3, 0.4) is 0 Å². The lowest BCUT2D eigenvalue weighted by Gasteiger charge is -2.13. The van der Waals surface area contributed by atoms with Crippen molar-refractivity contribution in [1.29, 1.82) is 0 Å². The zero-order chi connectivity index (χ0) is 12.1. The summed E-state index contributed by atoms with van der Waals surface area (Å²) in [5.74, 6) is -0.901. The van der Waals surface area contributed by atoms with Gasteiger partial charge in [-0.2, -0.15) is 0 Å². The average molecular weight is 226 g/mol. The number of benzene rings is 1. The van der Waals surface area contributed by atoms with Gasteiger partial charge >= 0.3 is 5.97 Å². The molecule has 2 N–H and O–H groups in total. The Kier molecular flexibility index (Phi) is 4.13. The van der Waals surface area contributed by atoms with E-state index in [1.165, 1.54) is 19.2 Å². The average Bonchev–Trinajstić information content (AvgIpc) is 2.25. The number of carboxylic acids is 1. The number of carbonyl (C=O) groups is 1. The summed E-state index contributed by atoms with van der Waals surface area (Å²) >= 11 is 0. The van der Waals surface area contributed by atoms with E-state index >= 15 is 0 Å². The van der Waals surface area contributed by atoms with Crippen LogP contribution < -0.4 is 4.74 Å². The van der Waals surface area contributed by atoms with Crippen molar-refractivity contribution in [1.82, 2.24) is 0 Å². The van der Waals surface area contributed by atoms with E-state index < -0.39 is 12.1 Å². The summed E-state index contributed by atoms with van der Waals surface area (Å²) in [5.41, 5.74) is 0.382. The zero-order valence-corrected chi connectivity index (χ0v) is 9.14. The molecule has 0 spiro atoms. The number of carboxylic acid groups (broad SMARTS) is 1. The van der Waals surface area contributed by atoms with Crippen LogP contribution in [-0.4, -0.2) is 29.9 Å². The second-order valence-corrected chi connectivity index (χ2v) is 3.10. The van der Waals surface area contributed by atoms with Crippen molar-refractivity contribution in [2.45, 2.75) is 13.0 Å². The van der Waals surface area contributed by atoms with Crippen LogP contribution in [0.15, 0.2) is 18.2 Å². The lowest BCUT2D eigenvalue weighted by atomic mass is 10.1. The molecule has 1 aromatic rings. The monoisotopic (exact) mass is 226 g/mol. The maximum atomic E-state index is 10.9. The number of phenolic OH excluding ortho intramolecular Hbond substituents is 1. The second kappa shape index (κ2) is 5.37. The zero-order valence-electron chi connectivity index (χ0n) is 9.14. The highest BCUT2D eigenvalue weighted by Crippen LogP contribution is 2.30. The molecule has 1 aromatic carbocycles. The Morgan fingerprint density at radius 3 is 2.62 bits per heavy atom. The van der Waals surface area contributed by atoms with E-state index in [2.05, 4.69) is 0 Å².